The first-order valence-electron chi connectivity index (χ1n) is 2.60. The second-order valence-corrected chi connectivity index (χ2v) is 2.99. The van der Waals surface area contributed by atoms with E-state index in [-0.39, 0.29) is 13.0 Å². The fourth-order valence-corrected chi connectivity index (χ4v) is 0.629. The van der Waals surface area contributed by atoms with Crippen LogP contribution in [0.2, 0.25) is 0 Å². The van der Waals surface area contributed by atoms with Crippen LogP contribution >= 0.6 is 0 Å². The van der Waals surface area contributed by atoms with Crippen LogP contribution in [0.4, 0.5) is 0 Å². The lowest BCUT2D eigenvalue weighted by Crippen LogP contribution is -2.32. The van der Waals surface area contributed by atoms with E-state index in [2.05, 4.69) is 9.32 Å². The van der Waals surface area contributed by atoms with Gasteiger partial charge in [0.2, 0.25) is 0 Å². The molecule has 0 radical (unpaired) electrons. The number of hydrogen-bond donors (Lipinski definition) is 3. The molecule has 0 aromatic heterocycles. The summed E-state index contributed by atoms with van der Waals surface area (Å²) in [7, 11) is -3.83. The van der Waals surface area contributed by atoms with E-state index in [9.17, 15) is 8.42 Å². The number of rotatable bonds is 4. The van der Waals surface area contributed by atoms with Gasteiger partial charge in [-0.1, -0.05) is 0 Å². The van der Waals surface area contributed by atoms with Crippen LogP contribution in [-0.4, -0.2) is 21.2 Å². The molecule has 0 saturated carbocycles. The third-order valence-electron chi connectivity index (χ3n) is 0.699. The lowest BCUT2D eigenvalue weighted by atomic mass is 10.4. The van der Waals surface area contributed by atoms with Gasteiger partial charge < -0.3 is 11.5 Å². The Morgan fingerprint density at radius 1 is 1.40 bits per heavy atom. The van der Waals surface area contributed by atoms with Crippen molar-refractivity contribution in [1.82, 2.24) is 0 Å². The van der Waals surface area contributed by atoms with E-state index < -0.39 is 16.5 Å². The zero-order valence-corrected chi connectivity index (χ0v) is 6.17. The van der Waals surface area contributed by atoms with Crippen molar-refractivity contribution in [2.75, 3.05) is 6.61 Å². The summed E-state index contributed by atoms with van der Waals surface area (Å²) < 4.78 is 24.3. The minimum atomic E-state index is -3.83. The largest absolute Gasteiger partial charge is 0.333 e. The van der Waals surface area contributed by atoms with E-state index in [0.717, 1.165) is 0 Å². The zero-order valence-electron chi connectivity index (χ0n) is 5.36. The van der Waals surface area contributed by atoms with Crippen molar-refractivity contribution < 1.29 is 12.6 Å². The molecule has 0 aliphatic carbocycles. The topological polar surface area (TPSA) is 121 Å². The Morgan fingerprint density at radius 2 is 1.90 bits per heavy atom. The molecule has 0 fully saturated rings. The van der Waals surface area contributed by atoms with Crippen molar-refractivity contribution in [2.45, 2.75) is 12.6 Å². The fourth-order valence-electron chi connectivity index (χ4n) is 0.300. The van der Waals surface area contributed by atoms with Crippen LogP contribution in [0.1, 0.15) is 6.42 Å². The predicted octanol–water partition coefficient (Wildman–Crippen LogP) is -2.16. The fraction of sp³-hybridized carbons (Fsp3) is 1.00. The standard InChI is InChI=1S/C3H11N3O3S/c4-3(5)1-2-9-10(6,7)8/h3H,1-2,4-5H2,(H2,6,7,8). The van der Waals surface area contributed by atoms with Gasteiger partial charge in [-0.25, -0.2) is 5.14 Å². The smallest absolute Gasteiger partial charge is 0.316 e. The van der Waals surface area contributed by atoms with Crippen LogP contribution in [0.3, 0.4) is 0 Å². The Kier molecular flexibility index (Phi) is 3.76. The summed E-state index contributed by atoms with van der Waals surface area (Å²) in [5.41, 5.74) is 10.2. The summed E-state index contributed by atoms with van der Waals surface area (Å²) in [6.07, 6.45) is -0.307. The molecule has 0 aliphatic rings. The maximum Gasteiger partial charge on any atom is 0.333 e. The third-order valence-corrected chi connectivity index (χ3v) is 1.19. The molecule has 7 heteroatoms. The lowest BCUT2D eigenvalue weighted by molar-refractivity contribution is 0.302. The first kappa shape index (κ1) is 9.79. The van der Waals surface area contributed by atoms with Gasteiger partial charge in [0, 0.05) is 6.42 Å². The van der Waals surface area contributed by atoms with Crippen molar-refractivity contribution in [1.29, 1.82) is 0 Å². The van der Waals surface area contributed by atoms with E-state index in [1.807, 2.05) is 0 Å². The second-order valence-electron chi connectivity index (χ2n) is 1.77. The summed E-state index contributed by atoms with van der Waals surface area (Å²) >= 11 is 0. The number of hydrogen-bond acceptors (Lipinski definition) is 5. The maximum absolute atomic E-state index is 10.1. The van der Waals surface area contributed by atoms with Crippen LogP contribution in [-0.2, 0) is 14.5 Å². The van der Waals surface area contributed by atoms with Crippen LogP contribution < -0.4 is 16.6 Å². The van der Waals surface area contributed by atoms with Crippen LogP contribution in [0.25, 0.3) is 0 Å². The molecule has 10 heavy (non-hydrogen) atoms. The van der Waals surface area contributed by atoms with Gasteiger partial charge in [0.15, 0.2) is 0 Å². The van der Waals surface area contributed by atoms with E-state index >= 15 is 0 Å². The lowest BCUT2D eigenvalue weighted by Gasteiger charge is -2.03. The molecule has 0 atom stereocenters. The van der Waals surface area contributed by atoms with Gasteiger partial charge in [-0.15, -0.1) is 0 Å². The van der Waals surface area contributed by atoms with Crippen molar-refractivity contribution in [3.63, 3.8) is 0 Å². The summed E-state index contributed by atoms with van der Waals surface area (Å²) in [6, 6.07) is 0. The molecule has 0 spiro atoms. The Labute approximate surface area is 59.6 Å². The predicted molar refractivity (Wildman–Crippen MR) is 35.8 cm³/mol. The van der Waals surface area contributed by atoms with Gasteiger partial charge in [0.1, 0.15) is 0 Å². The van der Waals surface area contributed by atoms with Crippen molar-refractivity contribution in [3.05, 3.63) is 0 Å². The molecule has 0 unspecified atom stereocenters. The molecule has 0 saturated heterocycles. The molecule has 6 nitrogen and oxygen atoms in total. The van der Waals surface area contributed by atoms with Crippen LogP contribution in [0.5, 0.6) is 0 Å². The zero-order chi connectivity index (χ0) is 8.20. The van der Waals surface area contributed by atoms with Crippen LogP contribution in [0, 0.1) is 0 Å². The Bertz CT molecular complexity index is 175. The Balaban J connectivity index is 3.39. The molecule has 0 bridgehead atoms. The average Bonchev–Trinajstić information content (AvgIpc) is 1.59. The van der Waals surface area contributed by atoms with Gasteiger partial charge in [0.25, 0.3) is 0 Å². The second kappa shape index (κ2) is 3.84. The molecule has 0 aliphatic heterocycles. The maximum atomic E-state index is 10.1. The normalized spacial score (nSPS) is 12.4. The van der Waals surface area contributed by atoms with Gasteiger partial charge in [-0.05, 0) is 0 Å². The molecule has 0 heterocycles. The van der Waals surface area contributed by atoms with Crippen molar-refractivity contribution >= 4 is 10.3 Å². The summed E-state index contributed by atoms with van der Waals surface area (Å²) in [5.74, 6) is 0. The van der Waals surface area contributed by atoms with E-state index in [1.54, 1.807) is 0 Å². The van der Waals surface area contributed by atoms with Gasteiger partial charge in [-0.2, -0.15) is 8.42 Å². The van der Waals surface area contributed by atoms with Crippen LogP contribution in [0.15, 0.2) is 0 Å². The quantitative estimate of drug-likeness (QED) is 0.414. The van der Waals surface area contributed by atoms with Gasteiger partial charge in [0.05, 0.1) is 12.8 Å². The highest BCUT2D eigenvalue weighted by Gasteiger charge is 2.02. The van der Waals surface area contributed by atoms with Gasteiger partial charge >= 0.3 is 10.3 Å². The van der Waals surface area contributed by atoms with E-state index in [4.69, 9.17) is 11.5 Å². The SMILES string of the molecule is NC(N)CCOS(N)(=O)=O. The molecule has 62 valence electrons. The highest BCUT2D eigenvalue weighted by atomic mass is 32.2. The minimum Gasteiger partial charge on any atom is -0.316 e. The monoisotopic (exact) mass is 169 g/mol. The minimum absolute atomic E-state index is 0.0729. The third kappa shape index (κ3) is 7.79. The molecular formula is C3H11N3O3S. The Hall–Kier alpha value is -0.210. The Morgan fingerprint density at radius 3 is 2.20 bits per heavy atom. The van der Waals surface area contributed by atoms with Crippen molar-refractivity contribution in [3.8, 4) is 0 Å². The molecule has 0 amide bonds. The van der Waals surface area contributed by atoms with Gasteiger partial charge in [-0.3, -0.25) is 4.18 Å². The summed E-state index contributed by atoms with van der Waals surface area (Å²) in [4.78, 5) is 0. The summed E-state index contributed by atoms with van der Waals surface area (Å²) in [5, 5.41) is 4.49. The first-order chi connectivity index (χ1) is 4.42. The highest BCUT2D eigenvalue weighted by Crippen LogP contribution is 1.86. The van der Waals surface area contributed by atoms with E-state index in [1.165, 1.54) is 0 Å². The average molecular weight is 169 g/mol. The molecule has 0 aromatic carbocycles. The van der Waals surface area contributed by atoms with E-state index in [0.29, 0.717) is 0 Å². The summed E-state index contributed by atoms with van der Waals surface area (Å²) in [6.45, 7) is -0.0729. The molecular weight excluding hydrogens is 158 g/mol. The molecule has 0 aromatic rings. The molecule has 6 N–H and O–H groups in total. The number of nitrogens with two attached hydrogens (primary N) is 3. The first-order valence-corrected chi connectivity index (χ1v) is 4.07. The molecule has 0 rings (SSSR count). The van der Waals surface area contributed by atoms with Crippen molar-refractivity contribution in [2.24, 2.45) is 16.6 Å². The highest BCUT2D eigenvalue weighted by molar-refractivity contribution is 7.84.